The summed E-state index contributed by atoms with van der Waals surface area (Å²) in [6.45, 7) is 6.02. The number of thioether (sulfide) groups is 1. The second-order valence-electron chi connectivity index (χ2n) is 7.80. The standard InChI is InChI=1S/C26H26N4O2S/c1-17-5-10-22(15-18(17)2)27-25(31)21-8-6-20(7-9-21)16-33-26-29-28-19(3)30(26)23-11-13-24(32-4)14-12-23/h5-15H,16H2,1-4H3,(H,27,31). The van der Waals surface area contributed by atoms with Gasteiger partial charge in [0.15, 0.2) is 5.16 Å². The third-order valence-corrected chi connectivity index (χ3v) is 6.47. The molecular weight excluding hydrogens is 432 g/mol. The monoisotopic (exact) mass is 458 g/mol. The average molecular weight is 459 g/mol. The van der Waals surface area contributed by atoms with E-state index in [4.69, 9.17) is 4.74 Å². The predicted octanol–water partition coefficient (Wildman–Crippen LogP) is 5.75. The first kappa shape index (κ1) is 22.6. The lowest BCUT2D eigenvalue weighted by Gasteiger charge is -2.10. The lowest BCUT2D eigenvalue weighted by atomic mass is 10.1. The van der Waals surface area contributed by atoms with Gasteiger partial charge in [0.25, 0.3) is 5.91 Å². The molecular formula is C26H26N4O2S. The summed E-state index contributed by atoms with van der Waals surface area (Å²) < 4.78 is 7.27. The zero-order valence-electron chi connectivity index (χ0n) is 19.1. The number of aryl methyl sites for hydroxylation is 3. The van der Waals surface area contributed by atoms with Gasteiger partial charge < -0.3 is 10.1 Å². The van der Waals surface area contributed by atoms with Crippen molar-refractivity contribution in [3.05, 3.63) is 94.8 Å². The summed E-state index contributed by atoms with van der Waals surface area (Å²) in [5.74, 6) is 2.22. The van der Waals surface area contributed by atoms with Crippen LogP contribution >= 0.6 is 11.8 Å². The fourth-order valence-corrected chi connectivity index (χ4v) is 4.34. The zero-order chi connectivity index (χ0) is 23.4. The fraction of sp³-hybridized carbons (Fsp3) is 0.192. The highest BCUT2D eigenvalue weighted by molar-refractivity contribution is 7.98. The molecule has 4 aromatic rings. The lowest BCUT2D eigenvalue weighted by Crippen LogP contribution is -2.12. The normalized spacial score (nSPS) is 10.8. The first-order valence-electron chi connectivity index (χ1n) is 10.6. The molecule has 1 heterocycles. The molecule has 0 aliphatic heterocycles. The Hall–Kier alpha value is -3.58. The topological polar surface area (TPSA) is 69.0 Å². The number of ether oxygens (including phenoxy) is 1. The van der Waals surface area contributed by atoms with E-state index in [0.29, 0.717) is 11.3 Å². The second kappa shape index (κ2) is 9.92. The number of hydrogen-bond acceptors (Lipinski definition) is 5. The van der Waals surface area contributed by atoms with Crippen LogP contribution < -0.4 is 10.1 Å². The molecule has 0 saturated heterocycles. The maximum atomic E-state index is 12.6. The van der Waals surface area contributed by atoms with Crippen molar-refractivity contribution in [3.8, 4) is 11.4 Å². The largest absolute Gasteiger partial charge is 0.497 e. The molecule has 1 amide bonds. The number of nitrogens with zero attached hydrogens (tertiary/aromatic N) is 3. The molecule has 0 radical (unpaired) electrons. The maximum Gasteiger partial charge on any atom is 0.255 e. The highest BCUT2D eigenvalue weighted by Gasteiger charge is 2.12. The van der Waals surface area contributed by atoms with Gasteiger partial charge in [-0.25, -0.2) is 0 Å². The van der Waals surface area contributed by atoms with E-state index in [-0.39, 0.29) is 5.91 Å². The fourth-order valence-electron chi connectivity index (χ4n) is 3.39. The number of rotatable bonds is 7. The van der Waals surface area contributed by atoms with Crippen molar-refractivity contribution in [1.82, 2.24) is 14.8 Å². The second-order valence-corrected chi connectivity index (χ2v) is 8.74. The van der Waals surface area contributed by atoms with Crippen LogP contribution in [0.2, 0.25) is 0 Å². The number of carbonyl (C=O) groups is 1. The number of nitrogens with one attached hydrogen (secondary N) is 1. The number of benzene rings is 3. The molecule has 6 nitrogen and oxygen atoms in total. The molecule has 0 unspecified atom stereocenters. The molecule has 0 fully saturated rings. The van der Waals surface area contributed by atoms with E-state index in [1.807, 2.05) is 85.1 Å². The maximum absolute atomic E-state index is 12.6. The van der Waals surface area contributed by atoms with Crippen LogP contribution in [0, 0.1) is 20.8 Å². The molecule has 1 aromatic heterocycles. The van der Waals surface area contributed by atoms with Crippen LogP contribution in [0.1, 0.15) is 32.9 Å². The van der Waals surface area contributed by atoms with Crippen molar-refractivity contribution < 1.29 is 9.53 Å². The summed E-state index contributed by atoms with van der Waals surface area (Å²) >= 11 is 1.60. The van der Waals surface area contributed by atoms with Gasteiger partial charge in [0.05, 0.1) is 7.11 Å². The summed E-state index contributed by atoms with van der Waals surface area (Å²) in [4.78, 5) is 12.6. The van der Waals surface area contributed by atoms with Gasteiger partial charge in [-0.1, -0.05) is 30.0 Å². The van der Waals surface area contributed by atoms with E-state index in [2.05, 4.69) is 22.4 Å². The van der Waals surface area contributed by atoms with E-state index in [1.54, 1.807) is 18.9 Å². The highest BCUT2D eigenvalue weighted by Crippen LogP contribution is 2.26. The van der Waals surface area contributed by atoms with E-state index in [9.17, 15) is 4.79 Å². The Labute approximate surface area is 198 Å². The number of methoxy groups -OCH3 is 1. The molecule has 3 aromatic carbocycles. The molecule has 0 aliphatic rings. The van der Waals surface area contributed by atoms with E-state index in [1.165, 1.54) is 5.56 Å². The van der Waals surface area contributed by atoms with Crippen molar-refractivity contribution >= 4 is 23.4 Å². The molecule has 168 valence electrons. The van der Waals surface area contributed by atoms with Crippen molar-refractivity contribution in [2.75, 3.05) is 12.4 Å². The lowest BCUT2D eigenvalue weighted by molar-refractivity contribution is 0.102. The van der Waals surface area contributed by atoms with Crippen LogP contribution in [-0.2, 0) is 5.75 Å². The Balaban J connectivity index is 1.42. The Morgan fingerprint density at radius 1 is 0.939 bits per heavy atom. The average Bonchev–Trinajstić information content (AvgIpc) is 3.20. The van der Waals surface area contributed by atoms with Gasteiger partial charge in [-0.2, -0.15) is 0 Å². The first-order valence-corrected chi connectivity index (χ1v) is 11.6. The van der Waals surface area contributed by atoms with Gasteiger partial charge >= 0.3 is 0 Å². The number of aromatic nitrogens is 3. The summed E-state index contributed by atoms with van der Waals surface area (Å²) in [6, 6.07) is 21.4. The summed E-state index contributed by atoms with van der Waals surface area (Å²) in [6.07, 6.45) is 0. The number of amides is 1. The van der Waals surface area contributed by atoms with Gasteiger partial charge in [-0.3, -0.25) is 9.36 Å². The highest BCUT2D eigenvalue weighted by atomic mass is 32.2. The smallest absolute Gasteiger partial charge is 0.255 e. The molecule has 7 heteroatoms. The Morgan fingerprint density at radius 2 is 1.67 bits per heavy atom. The molecule has 0 saturated carbocycles. The van der Waals surface area contributed by atoms with Crippen LogP contribution in [0.25, 0.3) is 5.69 Å². The molecule has 0 spiro atoms. The minimum absolute atomic E-state index is 0.118. The van der Waals surface area contributed by atoms with Crippen LogP contribution in [0.3, 0.4) is 0 Å². The first-order chi connectivity index (χ1) is 15.9. The van der Waals surface area contributed by atoms with E-state index in [0.717, 1.165) is 39.2 Å². The minimum atomic E-state index is -0.118. The van der Waals surface area contributed by atoms with E-state index >= 15 is 0 Å². The van der Waals surface area contributed by atoms with Crippen molar-refractivity contribution in [2.24, 2.45) is 0 Å². The third kappa shape index (κ3) is 5.26. The predicted molar refractivity (Wildman–Crippen MR) is 133 cm³/mol. The van der Waals surface area contributed by atoms with Crippen LogP contribution in [0.15, 0.2) is 71.9 Å². The van der Waals surface area contributed by atoms with Crippen molar-refractivity contribution in [3.63, 3.8) is 0 Å². The summed E-state index contributed by atoms with van der Waals surface area (Å²) in [7, 11) is 1.65. The Bertz CT molecular complexity index is 1260. The van der Waals surface area contributed by atoms with E-state index < -0.39 is 0 Å². The quantitative estimate of drug-likeness (QED) is 0.357. The van der Waals surface area contributed by atoms with Gasteiger partial charge in [-0.15, -0.1) is 10.2 Å². The van der Waals surface area contributed by atoms with Gasteiger partial charge in [0, 0.05) is 22.7 Å². The Morgan fingerprint density at radius 3 is 2.33 bits per heavy atom. The molecule has 0 bridgehead atoms. The SMILES string of the molecule is COc1ccc(-n2c(C)nnc2SCc2ccc(C(=O)Nc3ccc(C)c(C)c3)cc2)cc1. The van der Waals surface area contributed by atoms with Gasteiger partial charge in [0.1, 0.15) is 11.6 Å². The molecule has 1 N–H and O–H groups in total. The van der Waals surface area contributed by atoms with Gasteiger partial charge in [0.2, 0.25) is 0 Å². The van der Waals surface area contributed by atoms with Crippen molar-refractivity contribution in [1.29, 1.82) is 0 Å². The summed E-state index contributed by atoms with van der Waals surface area (Å²) in [5, 5.41) is 12.4. The molecule has 33 heavy (non-hydrogen) atoms. The van der Waals surface area contributed by atoms with Crippen LogP contribution in [0.5, 0.6) is 5.75 Å². The summed E-state index contributed by atoms with van der Waals surface area (Å²) in [5.41, 5.74) is 5.87. The van der Waals surface area contributed by atoms with Gasteiger partial charge in [-0.05, 0) is 86.0 Å². The number of anilines is 1. The third-order valence-electron chi connectivity index (χ3n) is 5.47. The van der Waals surface area contributed by atoms with Crippen LogP contribution in [-0.4, -0.2) is 27.8 Å². The minimum Gasteiger partial charge on any atom is -0.497 e. The molecule has 0 aliphatic carbocycles. The van der Waals surface area contributed by atoms with Crippen molar-refractivity contribution in [2.45, 2.75) is 31.7 Å². The number of carbonyl (C=O) groups excluding carboxylic acids is 1. The zero-order valence-corrected chi connectivity index (χ0v) is 19.9. The Kier molecular flexibility index (Phi) is 6.79. The van der Waals surface area contributed by atoms with Crippen LogP contribution in [0.4, 0.5) is 5.69 Å². The number of hydrogen-bond donors (Lipinski definition) is 1. The molecule has 0 atom stereocenters. The molecule has 4 rings (SSSR count).